The lowest BCUT2D eigenvalue weighted by atomic mass is 9.52. The lowest BCUT2D eigenvalue weighted by Gasteiger charge is -2.52. The van der Waals surface area contributed by atoms with Crippen molar-refractivity contribution in [1.29, 1.82) is 0 Å². The lowest BCUT2D eigenvalue weighted by Crippen LogP contribution is -2.43. The highest BCUT2D eigenvalue weighted by atomic mass is 14.6. The summed E-state index contributed by atoms with van der Waals surface area (Å²) in [5, 5.41) is 0. The monoisotopic (exact) mass is 348 g/mol. The first-order chi connectivity index (χ1) is 12.3. The third-order valence-electron chi connectivity index (χ3n) is 8.63. The summed E-state index contributed by atoms with van der Waals surface area (Å²) >= 11 is 0. The van der Waals surface area contributed by atoms with Crippen molar-refractivity contribution in [2.24, 2.45) is 34.5 Å². The van der Waals surface area contributed by atoms with E-state index in [-0.39, 0.29) is 5.41 Å². The van der Waals surface area contributed by atoms with E-state index < -0.39 is 0 Å². The van der Waals surface area contributed by atoms with Gasteiger partial charge >= 0.3 is 0 Å². The Kier molecular flexibility index (Phi) is 4.25. The third-order valence-corrected chi connectivity index (χ3v) is 8.63. The summed E-state index contributed by atoms with van der Waals surface area (Å²) in [6, 6.07) is 0. The number of hydrogen-bond donors (Lipinski definition) is 0. The maximum Gasteiger partial charge on any atom is 0.0281 e. The molecular formula is C26H36. The molecule has 4 rings (SSSR count). The van der Waals surface area contributed by atoms with E-state index in [2.05, 4.69) is 65.2 Å². The Morgan fingerprint density at radius 2 is 2.04 bits per heavy atom. The second kappa shape index (κ2) is 6.11. The molecule has 0 nitrogen and oxygen atoms in total. The van der Waals surface area contributed by atoms with Gasteiger partial charge in [0, 0.05) is 5.41 Å². The SMILES string of the molecule is C=C1C=CC2(C)C(=C1)CCC1C2=CCC2(C)C1CC(CC)C2C(=C)CC. The number of hydrogen-bond acceptors (Lipinski definition) is 0. The van der Waals surface area contributed by atoms with Crippen molar-refractivity contribution in [3.8, 4) is 0 Å². The van der Waals surface area contributed by atoms with Crippen molar-refractivity contribution in [3.05, 3.63) is 59.8 Å². The molecule has 6 atom stereocenters. The molecule has 0 bridgehead atoms. The third kappa shape index (κ3) is 2.33. The predicted octanol–water partition coefficient (Wildman–Crippen LogP) is 7.42. The van der Waals surface area contributed by atoms with Gasteiger partial charge in [-0.3, -0.25) is 0 Å². The molecule has 2 fully saturated rings. The highest BCUT2D eigenvalue weighted by Crippen LogP contribution is 2.66. The maximum atomic E-state index is 4.53. The van der Waals surface area contributed by atoms with E-state index in [9.17, 15) is 0 Å². The van der Waals surface area contributed by atoms with Crippen LogP contribution in [0.5, 0.6) is 0 Å². The van der Waals surface area contributed by atoms with E-state index in [1.165, 1.54) is 43.3 Å². The van der Waals surface area contributed by atoms with Crippen molar-refractivity contribution in [1.82, 2.24) is 0 Å². The van der Waals surface area contributed by atoms with Gasteiger partial charge in [-0.05, 0) is 73.7 Å². The summed E-state index contributed by atoms with van der Waals surface area (Å²) in [5.41, 5.74) is 6.56. The average Bonchev–Trinajstić information content (AvgIpc) is 2.94. The minimum atomic E-state index is 0.146. The molecule has 0 aliphatic heterocycles. The Bertz CT molecular complexity index is 729. The lowest BCUT2D eigenvalue weighted by molar-refractivity contribution is 0.101. The van der Waals surface area contributed by atoms with Gasteiger partial charge in [-0.25, -0.2) is 0 Å². The molecule has 0 N–H and O–H groups in total. The van der Waals surface area contributed by atoms with Crippen molar-refractivity contribution in [2.45, 2.75) is 66.2 Å². The largest absolute Gasteiger partial charge is 0.0996 e. The molecule has 26 heavy (non-hydrogen) atoms. The molecule has 0 saturated heterocycles. The second-order valence-electron chi connectivity index (χ2n) is 9.79. The van der Waals surface area contributed by atoms with Gasteiger partial charge in [-0.15, -0.1) is 0 Å². The number of fused-ring (bicyclic) bond motifs is 5. The summed E-state index contributed by atoms with van der Waals surface area (Å²) in [4.78, 5) is 0. The first-order valence-electron chi connectivity index (χ1n) is 10.8. The van der Waals surface area contributed by atoms with Gasteiger partial charge in [-0.1, -0.05) is 81.4 Å². The van der Waals surface area contributed by atoms with Crippen LogP contribution in [0.1, 0.15) is 66.2 Å². The quantitative estimate of drug-likeness (QED) is 0.465. The molecule has 4 aliphatic carbocycles. The second-order valence-corrected chi connectivity index (χ2v) is 9.79. The Morgan fingerprint density at radius 1 is 1.27 bits per heavy atom. The van der Waals surface area contributed by atoms with Gasteiger partial charge in [0.25, 0.3) is 0 Å². The fourth-order valence-electron chi connectivity index (χ4n) is 7.20. The van der Waals surface area contributed by atoms with E-state index >= 15 is 0 Å². The molecule has 0 aromatic rings. The fraction of sp³-hybridized carbons (Fsp3) is 0.615. The first kappa shape index (κ1) is 18.1. The topological polar surface area (TPSA) is 0 Å². The first-order valence-corrected chi connectivity index (χ1v) is 10.8. The van der Waals surface area contributed by atoms with Crippen LogP contribution < -0.4 is 0 Å². The van der Waals surface area contributed by atoms with Gasteiger partial charge in [0.1, 0.15) is 0 Å². The zero-order valence-electron chi connectivity index (χ0n) is 17.3. The Balaban J connectivity index is 1.75. The molecule has 0 spiro atoms. The standard InChI is InChI=1S/C26H36/c1-7-18(4)24-19(8-2)16-23-21-10-9-20-15-17(3)11-13-25(20,5)22(21)12-14-26(23,24)6/h11-13,15,19,21,23-24H,3-4,7-10,14,16H2,1-2,5-6H3. The van der Waals surface area contributed by atoms with Gasteiger partial charge < -0.3 is 0 Å². The van der Waals surface area contributed by atoms with Gasteiger partial charge in [-0.2, -0.15) is 0 Å². The molecular weight excluding hydrogens is 312 g/mol. The van der Waals surface area contributed by atoms with Gasteiger partial charge in [0.15, 0.2) is 0 Å². The van der Waals surface area contributed by atoms with Crippen molar-refractivity contribution in [2.75, 3.05) is 0 Å². The molecule has 140 valence electrons. The fourth-order valence-corrected chi connectivity index (χ4v) is 7.20. The highest BCUT2D eigenvalue weighted by Gasteiger charge is 2.58. The van der Waals surface area contributed by atoms with Crippen LogP contribution in [-0.4, -0.2) is 0 Å². The summed E-state index contributed by atoms with van der Waals surface area (Å²) in [7, 11) is 0. The summed E-state index contributed by atoms with van der Waals surface area (Å²) in [5.74, 6) is 3.14. The predicted molar refractivity (Wildman–Crippen MR) is 113 cm³/mol. The summed E-state index contributed by atoms with van der Waals surface area (Å²) in [6.07, 6.45) is 17.4. The van der Waals surface area contributed by atoms with E-state index in [1.54, 1.807) is 11.1 Å². The molecule has 0 aromatic heterocycles. The minimum absolute atomic E-state index is 0.146. The molecule has 0 radical (unpaired) electrons. The smallest absolute Gasteiger partial charge is 0.0281 e. The highest BCUT2D eigenvalue weighted by molar-refractivity contribution is 5.50. The molecule has 0 amide bonds. The van der Waals surface area contributed by atoms with E-state index in [4.69, 9.17) is 0 Å². The van der Waals surface area contributed by atoms with Crippen LogP contribution in [0, 0.1) is 34.5 Å². The van der Waals surface area contributed by atoms with Crippen LogP contribution >= 0.6 is 0 Å². The van der Waals surface area contributed by atoms with Crippen LogP contribution in [-0.2, 0) is 0 Å². The Morgan fingerprint density at radius 3 is 2.73 bits per heavy atom. The van der Waals surface area contributed by atoms with Crippen LogP contribution in [0.25, 0.3) is 0 Å². The van der Waals surface area contributed by atoms with Gasteiger partial charge in [0.05, 0.1) is 0 Å². The number of allylic oxidation sites excluding steroid dienone is 8. The van der Waals surface area contributed by atoms with Crippen LogP contribution in [0.3, 0.4) is 0 Å². The molecule has 6 unspecified atom stereocenters. The van der Waals surface area contributed by atoms with Crippen LogP contribution in [0.2, 0.25) is 0 Å². The molecule has 4 aliphatic rings. The van der Waals surface area contributed by atoms with Crippen LogP contribution in [0.15, 0.2) is 59.8 Å². The maximum absolute atomic E-state index is 4.53. The summed E-state index contributed by atoms with van der Waals surface area (Å²) in [6.45, 7) is 18.5. The zero-order valence-corrected chi connectivity index (χ0v) is 17.3. The van der Waals surface area contributed by atoms with Crippen LogP contribution in [0.4, 0.5) is 0 Å². The van der Waals surface area contributed by atoms with Gasteiger partial charge in [0.2, 0.25) is 0 Å². The molecule has 0 heterocycles. The Labute approximate surface area is 160 Å². The molecule has 2 saturated carbocycles. The Hall–Kier alpha value is -1.30. The van der Waals surface area contributed by atoms with Crippen molar-refractivity contribution >= 4 is 0 Å². The van der Waals surface area contributed by atoms with Crippen molar-refractivity contribution < 1.29 is 0 Å². The normalized spacial score (nSPS) is 43.9. The molecule has 0 heteroatoms. The molecule has 0 aromatic carbocycles. The van der Waals surface area contributed by atoms with E-state index in [1.807, 2.05) is 0 Å². The summed E-state index contributed by atoms with van der Waals surface area (Å²) < 4.78 is 0. The van der Waals surface area contributed by atoms with Crippen molar-refractivity contribution in [3.63, 3.8) is 0 Å². The zero-order chi connectivity index (χ0) is 18.7. The minimum Gasteiger partial charge on any atom is -0.0996 e. The van der Waals surface area contributed by atoms with E-state index in [0.717, 1.165) is 24.2 Å². The van der Waals surface area contributed by atoms with E-state index in [0.29, 0.717) is 11.3 Å². The number of rotatable bonds is 3. The average molecular weight is 349 g/mol.